The number of fused-ring (bicyclic) bond motifs is 1. The molecule has 0 unspecified atom stereocenters. The molecule has 4 rings (SSSR count). The summed E-state index contributed by atoms with van der Waals surface area (Å²) in [6.45, 7) is 6.57. The van der Waals surface area contributed by atoms with Crippen molar-refractivity contribution in [3.05, 3.63) is 69.0 Å². The molecule has 1 saturated heterocycles. The lowest BCUT2D eigenvalue weighted by molar-refractivity contribution is 0.0897. The Bertz CT molecular complexity index is 1280. The van der Waals surface area contributed by atoms with Gasteiger partial charge in [0.25, 0.3) is 5.56 Å². The Labute approximate surface area is 217 Å². The number of nitrogens with one attached hydrogen (secondary N) is 2. The van der Waals surface area contributed by atoms with Crippen LogP contribution in [0.25, 0.3) is 10.9 Å². The Morgan fingerprint density at radius 3 is 2.64 bits per heavy atom. The molecule has 192 valence electrons. The number of pyridine rings is 1. The predicted molar refractivity (Wildman–Crippen MR) is 147 cm³/mol. The van der Waals surface area contributed by atoms with Crippen LogP contribution in [0.4, 0.5) is 0 Å². The molecule has 2 heterocycles. The maximum absolute atomic E-state index is 13.0. The van der Waals surface area contributed by atoms with Crippen molar-refractivity contribution in [1.82, 2.24) is 15.2 Å². The molecule has 0 radical (unpaired) electrons. The molecule has 8 heteroatoms. The van der Waals surface area contributed by atoms with Gasteiger partial charge in [0.05, 0.1) is 32.4 Å². The highest BCUT2D eigenvalue weighted by Gasteiger charge is 2.22. The molecule has 36 heavy (non-hydrogen) atoms. The molecule has 0 amide bonds. The summed E-state index contributed by atoms with van der Waals surface area (Å²) in [7, 11) is 3.26. The summed E-state index contributed by atoms with van der Waals surface area (Å²) < 4.78 is 16.6. The number of hydrogen-bond acceptors (Lipinski definition) is 5. The highest BCUT2D eigenvalue weighted by Crippen LogP contribution is 2.27. The molecular formula is C28H35N3O4S. The SMILES string of the molecule is COc1ccc(CCNC(=S)N(Cc2cc3c(C)ccc(C)c3[nH]c2=O)C[C@@H]2CCCO2)cc1OC. The molecule has 0 bridgehead atoms. The Morgan fingerprint density at radius 1 is 1.14 bits per heavy atom. The number of H-pyrrole nitrogens is 1. The molecule has 7 nitrogen and oxygen atoms in total. The van der Waals surface area contributed by atoms with Crippen LogP contribution in [0, 0.1) is 13.8 Å². The van der Waals surface area contributed by atoms with Gasteiger partial charge in [-0.05, 0) is 80.2 Å². The second-order valence-electron chi connectivity index (χ2n) is 9.30. The molecule has 2 N–H and O–H groups in total. The van der Waals surface area contributed by atoms with Crippen molar-refractivity contribution in [2.75, 3.05) is 33.9 Å². The summed E-state index contributed by atoms with van der Waals surface area (Å²) in [5.74, 6) is 1.41. The second kappa shape index (κ2) is 11.8. The third-order valence-corrected chi connectivity index (χ3v) is 7.16. The fraction of sp³-hybridized carbons (Fsp3) is 0.429. The van der Waals surface area contributed by atoms with Gasteiger partial charge in [0.2, 0.25) is 0 Å². The summed E-state index contributed by atoms with van der Waals surface area (Å²) in [5, 5.41) is 5.07. The van der Waals surface area contributed by atoms with Gasteiger partial charge in [-0.15, -0.1) is 0 Å². The average molecular weight is 510 g/mol. The molecular weight excluding hydrogens is 474 g/mol. The molecule has 1 aliphatic rings. The molecule has 0 aliphatic carbocycles. The second-order valence-corrected chi connectivity index (χ2v) is 9.69. The van der Waals surface area contributed by atoms with Gasteiger partial charge in [0.15, 0.2) is 16.6 Å². The van der Waals surface area contributed by atoms with Crippen LogP contribution in [0.2, 0.25) is 0 Å². The number of aromatic nitrogens is 1. The van der Waals surface area contributed by atoms with Gasteiger partial charge >= 0.3 is 0 Å². The fourth-order valence-corrected chi connectivity index (χ4v) is 4.90. The van der Waals surface area contributed by atoms with E-state index in [4.69, 9.17) is 26.4 Å². The molecule has 2 aromatic carbocycles. The van der Waals surface area contributed by atoms with E-state index in [9.17, 15) is 4.79 Å². The Hall–Kier alpha value is -3.10. The quantitative estimate of drug-likeness (QED) is 0.418. The summed E-state index contributed by atoms with van der Waals surface area (Å²) in [5.41, 5.74) is 4.81. The predicted octanol–water partition coefficient (Wildman–Crippen LogP) is 4.26. The van der Waals surface area contributed by atoms with E-state index in [2.05, 4.69) is 28.2 Å². The smallest absolute Gasteiger partial charge is 0.253 e. The topological polar surface area (TPSA) is 75.8 Å². The van der Waals surface area contributed by atoms with E-state index in [0.29, 0.717) is 41.8 Å². The standard InChI is InChI=1S/C28H35N3O4S/c1-18-7-8-19(2)26-23(18)15-21(27(32)30-26)16-31(17-22-6-5-13-35-22)28(36)29-12-11-20-9-10-24(33-3)25(14-20)34-4/h7-10,14-15,22H,5-6,11-13,16-17H2,1-4H3,(H,29,36)(H,30,32)/t22-/m0/s1. The zero-order chi connectivity index (χ0) is 25.7. The molecule has 1 aromatic heterocycles. The first-order valence-electron chi connectivity index (χ1n) is 12.4. The van der Waals surface area contributed by atoms with Crippen LogP contribution >= 0.6 is 12.2 Å². The number of aromatic amines is 1. The maximum Gasteiger partial charge on any atom is 0.253 e. The molecule has 1 aliphatic heterocycles. The molecule has 1 fully saturated rings. The van der Waals surface area contributed by atoms with Crippen molar-refractivity contribution >= 4 is 28.2 Å². The molecule has 1 atom stereocenters. The van der Waals surface area contributed by atoms with Gasteiger partial charge in [0.1, 0.15) is 0 Å². The minimum Gasteiger partial charge on any atom is -0.493 e. The van der Waals surface area contributed by atoms with Crippen LogP contribution in [-0.2, 0) is 17.7 Å². The number of ether oxygens (including phenoxy) is 3. The highest BCUT2D eigenvalue weighted by molar-refractivity contribution is 7.80. The number of nitrogens with zero attached hydrogens (tertiary/aromatic N) is 1. The minimum atomic E-state index is -0.0818. The number of hydrogen-bond donors (Lipinski definition) is 2. The Morgan fingerprint density at radius 2 is 1.92 bits per heavy atom. The fourth-order valence-electron chi connectivity index (χ4n) is 4.66. The third kappa shape index (κ3) is 5.99. The van der Waals surface area contributed by atoms with E-state index in [-0.39, 0.29) is 11.7 Å². The number of benzene rings is 2. The molecule has 0 spiro atoms. The van der Waals surface area contributed by atoms with Crippen molar-refractivity contribution in [2.45, 2.75) is 45.8 Å². The van der Waals surface area contributed by atoms with Crippen LogP contribution in [0.3, 0.4) is 0 Å². The lowest BCUT2D eigenvalue weighted by Crippen LogP contribution is -2.44. The van der Waals surface area contributed by atoms with E-state index in [1.165, 1.54) is 0 Å². The first-order chi connectivity index (χ1) is 17.4. The summed E-state index contributed by atoms with van der Waals surface area (Å²) in [6, 6.07) is 12.0. The Kier molecular flexibility index (Phi) is 8.48. The van der Waals surface area contributed by atoms with Crippen LogP contribution in [0.5, 0.6) is 11.5 Å². The highest BCUT2D eigenvalue weighted by atomic mass is 32.1. The van der Waals surface area contributed by atoms with E-state index >= 15 is 0 Å². The monoisotopic (exact) mass is 509 g/mol. The van der Waals surface area contributed by atoms with Gasteiger partial charge in [-0.1, -0.05) is 18.2 Å². The normalized spacial score (nSPS) is 15.2. The zero-order valence-corrected chi connectivity index (χ0v) is 22.3. The van der Waals surface area contributed by atoms with Gasteiger partial charge < -0.3 is 29.4 Å². The van der Waals surface area contributed by atoms with Crippen molar-refractivity contribution in [3.63, 3.8) is 0 Å². The maximum atomic E-state index is 13.0. The number of rotatable bonds is 9. The lowest BCUT2D eigenvalue weighted by Gasteiger charge is -2.28. The number of thiocarbonyl (C=S) groups is 1. The van der Waals surface area contributed by atoms with Crippen molar-refractivity contribution in [1.29, 1.82) is 0 Å². The summed E-state index contributed by atoms with van der Waals surface area (Å²) in [6.07, 6.45) is 2.92. The number of aryl methyl sites for hydroxylation is 2. The summed E-state index contributed by atoms with van der Waals surface area (Å²) >= 11 is 5.80. The largest absolute Gasteiger partial charge is 0.493 e. The van der Waals surface area contributed by atoms with Crippen molar-refractivity contribution in [2.24, 2.45) is 0 Å². The van der Waals surface area contributed by atoms with E-state index in [0.717, 1.165) is 53.5 Å². The van der Waals surface area contributed by atoms with Crippen molar-refractivity contribution < 1.29 is 14.2 Å². The summed E-state index contributed by atoms with van der Waals surface area (Å²) in [4.78, 5) is 18.2. The van der Waals surface area contributed by atoms with E-state index < -0.39 is 0 Å². The van der Waals surface area contributed by atoms with Crippen LogP contribution in [0.15, 0.2) is 41.2 Å². The van der Waals surface area contributed by atoms with E-state index in [1.54, 1.807) is 14.2 Å². The van der Waals surface area contributed by atoms with Crippen LogP contribution < -0.4 is 20.3 Å². The van der Waals surface area contributed by atoms with Gasteiger partial charge in [-0.2, -0.15) is 0 Å². The van der Waals surface area contributed by atoms with E-state index in [1.807, 2.05) is 37.3 Å². The molecule has 3 aromatic rings. The molecule has 0 saturated carbocycles. The van der Waals surface area contributed by atoms with Gasteiger partial charge in [0, 0.05) is 30.6 Å². The zero-order valence-electron chi connectivity index (χ0n) is 21.5. The number of methoxy groups -OCH3 is 2. The van der Waals surface area contributed by atoms with Gasteiger partial charge in [-0.3, -0.25) is 4.79 Å². The van der Waals surface area contributed by atoms with Gasteiger partial charge in [-0.25, -0.2) is 0 Å². The first kappa shape index (κ1) is 26.0. The minimum absolute atomic E-state index is 0.0818. The third-order valence-electron chi connectivity index (χ3n) is 6.75. The van der Waals surface area contributed by atoms with Crippen LogP contribution in [-0.4, -0.2) is 55.0 Å². The lowest BCUT2D eigenvalue weighted by atomic mass is 10.0. The Balaban J connectivity index is 1.49. The average Bonchev–Trinajstić information content (AvgIpc) is 3.39. The van der Waals surface area contributed by atoms with Crippen molar-refractivity contribution in [3.8, 4) is 11.5 Å². The van der Waals surface area contributed by atoms with Crippen LogP contribution in [0.1, 0.15) is 35.1 Å². The first-order valence-corrected chi connectivity index (χ1v) is 12.8.